The molecule has 1 aromatic carbocycles. The Balaban J connectivity index is 1.63. The Morgan fingerprint density at radius 2 is 2.29 bits per heavy atom. The van der Waals surface area contributed by atoms with Crippen LogP contribution in [0, 0.1) is 6.92 Å². The van der Waals surface area contributed by atoms with Crippen molar-refractivity contribution in [2.24, 2.45) is 0 Å². The number of esters is 1. The van der Waals surface area contributed by atoms with Gasteiger partial charge in [0.25, 0.3) is 0 Å². The van der Waals surface area contributed by atoms with E-state index in [0.717, 1.165) is 29.7 Å². The maximum Gasteiger partial charge on any atom is 0.337 e. The highest BCUT2D eigenvalue weighted by Crippen LogP contribution is 2.16. The molecular formula is C16H18N2O3. The summed E-state index contributed by atoms with van der Waals surface area (Å²) in [4.78, 5) is 16.4. The Morgan fingerprint density at radius 3 is 3.10 bits per heavy atom. The van der Waals surface area contributed by atoms with E-state index in [-0.39, 0.29) is 5.97 Å². The van der Waals surface area contributed by atoms with Gasteiger partial charge < -0.3 is 14.0 Å². The van der Waals surface area contributed by atoms with Gasteiger partial charge in [0.05, 0.1) is 36.0 Å². The molecule has 5 heteroatoms. The lowest BCUT2D eigenvalue weighted by Crippen LogP contribution is -2.16. The fourth-order valence-electron chi connectivity index (χ4n) is 2.52. The van der Waals surface area contributed by atoms with E-state index in [4.69, 9.17) is 9.47 Å². The minimum atomic E-state index is -0.281. The quantitative estimate of drug-likeness (QED) is 0.811. The van der Waals surface area contributed by atoms with Crippen LogP contribution in [0.25, 0.3) is 11.0 Å². The van der Waals surface area contributed by atoms with E-state index in [2.05, 4.69) is 9.55 Å². The van der Waals surface area contributed by atoms with Gasteiger partial charge >= 0.3 is 5.97 Å². The number of carbonyl (C=O) groups excluding carboxylic acids is 1. The molecule has 0 atom stereocenters. The van der Waals surface area contributed by atoms with Gasteiger partial charge in [-0.25, -0.2) is 9.78 Å². The molecule has 0 saturated heterocycles. The fourth-order valence-corrected chi connectivity index (χ4v) is 2.52. The second-order valence-corrected chi connectivity index (χ2v) is 5.05. The molecule has 0 spiro atoms. The van der Waals surface area contributed by atoms with Gasteiger partial charge in [-0.1, -0.05) is 12.1 Å². The lowest BCUT2D eigenvalue weighted by Gasteiger charge is -2.13. The third kappa shape index (κ3) is 2.91. The van der Waals surface area contributed by atoms with Crippen LogP contribution in [0.3, 0.4) is 0 Å². The average molecular weight is 286 g/mol. The summed E-state index contributed by atoms with van der Waals surface area (Å²) < 4.78 is 12.5. The van der Waals surface area contributed by atoms with Crippen LogP contribution >= 0.6 is 0 Å². The molecule has 1 aliphatic rings. The minimum Gasteiger partial charge on any atom is -0.501 e. The molecule has 0 radical (unpaired) electrons. The summed E-state index contributed by atoms with van der Waals surface area (Å²) in [5.41, 5.74) is 2.64. The van der Waals surface area contributed by atoms with Crippen molar-refractivity contribution >= 4 is 17.0 Å². The van der Waals surface area contributed by atoms with Crippen molar-refractivity contribution in [3.05, 3.63) is 41.9 Å². The van der Waals surface area contributed by atoms with E-state index in [1.54, 1.807) is 0 Å². The van der Waals surface area contributed by atoms with Crippen LogP contribution in [0.2, 0.25) is 0 Å². The molecule has 0 N–H and O–H groups in total. The molecule has 0 bridgehead atoms. The molecule has 0 saturated carbocycles. The third-order valence-corrected chi connectivity index (χ3v) is 3.59. The van der Waals surface area contributed by atoms with Crippen molar-refractivity contribution < 1.29 is 14.3 Å². The first-order valence-corrected chi connectivity index (χ1v) is 7.15. The monoisotopic (exact) mass is 286 g/mol. The van der Waals surface area contributed by atoms with Crippen LogP contribution in [-0.4, -0.2) is 28.7 Å². The first-order chi connectivity index (χ1) is 10.3. The zero-order chi connectivity index (χ0) is 14.7. The number of nitrogens with zero attached hydrogens (tertiary/aromatic N) is 2. The Kier molecular flexibility index (Phi) is 3.90. The van der Waals surface area contributed by atoms with E-state index in [9.17, 15) is 4.79 Å². The number of rotatable bonds is 4. The number of fused-ring (bicyclic) bond motifs is 1. The minimum absolute atomic E-state index is 0.281. The molecule has 3 rings (SSSR count). The van der Waals surface area contributed by atoms with Gasteiger partial charge in [0.15, 0.2) is 0 Å². The summed E-state index contributed by atoms with van der Waals surface area (Å²) in [5, 5.41) is 0. The lowest BCUT2D eigenvalue weighted by atomic mass is 10.1. The number of aromatic nitrogens is 2. The third-order valence-electron chi connectivity index (χ3n) is 3.59. The summed E-state index contributed by atoms with van der Waals surface area (Å²) in [7, 11) is 0. The van der Waals surface area contributed by atoms with Crippen LogP contribution in [0.15, 0.2) is 36.1 Å². The summed E-state index contributed by atoms with van der Waals surface area (Å²) in [6, 6.07) is 7.95. The number of benzene rings is 1. The predicted octanol–water partition coefficient (Wildman–Crippen LogP) is 2.58. The van der Waals surface area contributed by atoms with Crippen molar-refractivity contribution in [2.45, 2.75) is 26.3 Å². The fraction of sp³-hybridized carbons (Fsp3) is 0.375. The maximum atomic E-state index is 11.9. The summed E-state index contributed by atoms with van der Waals surface area (Å²) in [5.74, 6) is 0.643. The maximum absolute atomic E-state index is 11.9. The standard InChI is InChI=1S/C16H18N2O3/c1-12-17-14-6-2-3-7-15(14)18(12)8-10-21-16(19)13-5-4-9-20-11-13/h2-3,6-7,11H,4-5,8-10H2,1H3. The second kappa shape index (κ2) is 5.99. The van der Waals surface area contributed by atoms with Gasteiger partial charge in [-0.3, -0.25) is 0 Å². The van der Waals surface area contributed by atoms with Crippen LogP contribution in [-0.2, 0) is 20.8 Å². The number of para-hydroxylation sites is 2. The molecule has 21 heavy (non-hydrogen) atoms. The van der Waals surface area contributed by atoms with Crippen LogP contribution < -0.4 is 0 Å². The average Bonchev–Trinajstić information content (AvgIpc) is 2.84. The van der Waals surface area contributed by atoms with Crippen molar-refractivity contribution in [3.63, 3.8) is 0 Å². The van der Waals surface area contributed by atoms with E-state index < -0.39 is 0 Å². The predicted molar refractivity (Wildman–Crippen MR) is 78.7 cm³/mol. The van der Waals surface area contributed by atoms with E-state index in [1.807, 2.05) is 31.2 Å². The summed E-state index contributed by atoms with van der Waals surface area (Å²) >= 11 is 0. The number of hydrogen-bond donors (Lipinski definition) is 0. The highest BCUT2D eigenvalue weighted by molar-refractivity contribution is 5.88. The number of aryl methyl sites for hydroxylation is 1. The molecule has 5 nitrogen and oxygen atoms in total. The zero-order valence-corrected chi connectivity index (χ0v) is 12.0. The van der Waals surface area contributed by atoms with Gasteiger partial charge in [-0.2, -0.15) is 0 Å². The van der Waals surface area contributed by atoms with Gasteiger partial charge in [0.2, 0.25) is 0 Å². The molecule has 0 fully saturated rings. The van der Waals surface area contributed by atoms with E-state index in [1.165, 1.54) is 6.26 Å². The van der Waals surface area contributed by atoms with Crippen molar-refractivity contribution in [1.29, 1.82) is 0 Å². The summed E-state index contributed by atoms with van der Waals surface area (Å²) in [6.45, 7) is 3.57. The first-order valence-electron chi connectivity index (χ1n) is 7.15. The van der Waals surface area contributed by atoms with Crippen molar-refractivity contribution in [1.82, 2.24) is 9.55 Å². The SMILES string of the molecule is Cc1nc2ccccc2n1CCOC(=O)C1=COCCC1. The van der Waals surface area contributed by atoms with Gasteiger partial charge in [0, 0.05) is 0 Å². The molecular weight excluding hydrogens is 268 g/mol. The molecule has 0 unspecified atom stereocenters. The largest absolute Gasteiger partial charge is 0.501 e. The molecule has 2 aromatic rings. The number of hydrogen-bond acceptors (Lipinski definition) is 4. The Bertz CT molecular complexity index is 688. The Hall–Kier alpha value is -2.30. The number of imidazole rings is 1. The molecule has 1 aliphatic heterocycles. The van der Waals surface area contributed by atoms with Crippen molar-refractivity contribution in [2.75, 3.05) is 13.2 Å². The Labute approximate surface area is 123 Å². The Morgan fingerprint density at radius 1 is 1.43 bits per heavy atom. The highest BCUT2D eigenvalue weighted by atomic mass is 16.5. The highest BCUT2D eigenvalue weighted by Gasteiger charge is 2.15. The molecule has 110 valence electrons. The van der Waals surface area contributed by atoms with Gasteiger partial charge in [-0.05, 0) is 31.9 Å². The van der Waals surface area contributed by atoms with Crippen LogP contribution in [0.5, 0.6) is 0 Å². The van der Waals surface area contributed by atoms with Crippen LogP contribution in [0.1, 0.15) is 18.7 Å². The van der Waals surface area contributed by atoms with Crippen molar-refractivity contribution in [3.8, 4) is 0 Å². The zero-order valence-electron chi connectivity index (χ0n) is 12.0. The smallest absolute Gasteiger partial charge is 0.337 e. The van der Waals surface area contributed by atoms with E-state index in [0.29, 0.717) is 25.3 Å². The topological polar surface area (TPSA) is 53.4 Å². The molecule has 0 amide bonds. The van der Waals surface area contributed by atoms with Gasteiger partial charge in [0.1, 0.15) is 12.4 Å². The van der Waals surface area contributed by atoms with E-state index >= 15 is 0 Å². The number of carbonyl (C=O) groups is 1. The second-order valence-electron chi connectivity index (χ2n) is 5.05. The van der Waals surface area contributed by atoms with Gasteiger partial charge in [-0.15, -0.1) is 0 Å². The normalized spacial score (nSPS) is 14.6. The molecule has 0 aliphatic carbocycles. The summed E-state index contributed by atoms with van der Waals surface area (Å²) in [6.07, 6.45) is 3.11. The lowest BCUT2D eigenvalue weighted by molar-refractivity contribution is -0.139. The molecule has 2 heterocycles. The van der Waals surface area contributed by atoms with Crippen LogP contribution in [0.4, 0.5) is 0 Å². The molecule has 1 aromatic heterocycles. The first kappa shape index (κ1) is 13.7. The number of ether oxygens (including phenoxy) is 2.